The van der Waals surface area contributed by atoms with Gasteiger partial charge in [0.25, 0.3) is 0 Å². The standard InChI is InChI=1S/C18H22O3/c1-3-14-6-5-7-17(12-14)21-13-18(19)15-8-10-16(11-9-15)20-4-2/h5-12,18-19H,3-4,13H2,1-2H3. The van der Waals surface area contributed by atoms with Gasteiger partial charge < -0.3 is 14.6 Å². The van der Waals surface area contributed by atoms with E-state index in [1.54, 1.807) is 0 Å². The van der Waals surface area contributed by atoms with Gasteiger partial charge in [0.1, 0.15) is 24.2 Å². The molecule has 0 radical (unpaired) electrons. The number of hydrogen-bond acceptors (Lipinski definition) is 3. The van der Waals surface area contributed by atoms with Gasteiger partial charge in [-0.25, -0.2) is 0 Å². The van der Waals surface area contributed by atoms with Crippen molar-refractivity contribution in [3.05, 3.63) is 59.7 Å². The minimum atomic E-state index is -0.647. The fourth-order valence-corrected chi connectivity index (χ4v) is 2.08. The molecule has 0 bridgehead atoms. The molecule has 0 aliphatic heterocycles. The predicted octanol–water partition coefficient (Wildman–Crippen LogP) is 3.76. The Bertz CT molecular complexity index is 549. The highest BCUT2D eigenvalue weighted by Gasteiger charge is 2.09. The van der Waals surface area contributed by atoms with Gasteiger partial charge in [0, 0.05) is 0 Å². The zero-order valence-corrected chi connectivity index (χ0v) is 12.6. The van der Waals surface area contributed by atoms with E-state index in [2.05, 4.69) is 13.0 Å². The highest BCUT2D eigenvalue weighted by molar-refractivity contribution is 5.30. The quantitative estimate of drug-likeness (QED) is 0.842. The van der Waals surface area contributed by atoms with Gasteiger partial charge in [-0.05, 0) is 48.7 Å². The molecule has 0 amide bonds. The molecule has 2 rings (SSSR count). The Hall–Kier alpha value is -2.00. The van der Waals surface area contributed by atoms with Crippen LogP contribution in [0.5, 0.6) is 11.5 Å². The lowest BCUT2D eigenvalue weighted by Gasteiger charge is -2.14. The second kappa shape index (κ2) is 7.70. The molecule has 0 heterocycles. The molecule has 1 unspecified atom stereocenters. The third kappa shape index (κ3) is 4.50. The smallest absolute Gasteiger partial charge is 0.119 e. The highest BCUT2D eigenvalue weighted by atomic mass is 16.5. The molecule has 112 valence electrons. The van der Waals surface area contributed by atoms with Gasteiger partial charge in [-0.15, -0.1) is 0 Å². The monoisotopic (exact) mass is 286 g/mol. The van der Waals surface area contributed by atoms with Gasteiger partial charge in [-0.2, -0.15) is 0 Å². The van der Waals surface area contributed by atoms with Crippen molar-refractivity contribution in [1.82, 2.24) is 0 Å². The lowest BCUT2D eigenvalue weighted by atomic mass is 10.1. The summed E-state index contributed by atoms with van der Waals surface area (Å²) in [5.41, 5.74) is 2.05. The van der Waals surface area contributed by atoms with Crippen LogP contribution in [-0.4, -0.2) is 18.3 Å². The maximum absolute atomic E-state index is 10.2. The van der Waals surface area contributed by atoms with Crippen LogP contribution in [0.2, 0.25) is 0 Å². The molecule has 21 heavy (non-hydrogen) atoms. The number of aliphatic hydroxyl groups is 1. The minimum Gasteiger partial charge on any atom is -0.494 e. The molecule has 0 saturated heterocycles. The molecule has 1 atom stereocenters. The largest absolute Gasteiger partial charge is 0.494 e. The van der Waals surface area contributed by atoms with Crippen LogP contribution in [0, 0.1) is 0 Å². The van der Waals surface area contributed by atoms with Crippen molar-refractivity contribution in [2.45, 2.75) is 26.4 Å². The van der Waals surface area contributed by atoms with Crippen LogP contribution in [0.4, 0.5) is 0 Å². The fraction of sp³-hybridized carbons (Fsp3) is 0.333. The lowest BCUT2D eigenvalue weighted by molar-refractivity contribution is 0.108. The van der Waals surface area contributed by atoms with Crippen LogP contribution in [-0.2, 0) is 6.42 Å². The number of aliphatic hydroxyl groups excluding tert-OH is 1. The van der Waals surface area contributed by atoms with Crippen molar-refractivity contribution >= 4 is 0 Å². The first-order valence-corrected chi connectivity index (χ1v) is 7.35. The normalized spacial score (nSPS) is 12.0. The van der Waals surface area contributed by atoms with E-state index in [1.807, 2.05) is 49.4 Å². The Balaban J connectivity index is 1.92. The van der Waals surface area contributed by atoms with Crippen molar-refractivity contribution in [2.75, 3.05) is 13.2 Å². The maximum Gasteiger partial charge on any atom is 0.119 e. The van der Waals surface area contributed by atoms with E-state index < -0.39 is 6.10 Å². The summed E-state index contributed by atoms with van der Waals surface area (Å²) in [6.07, 6.45) is 0.324. The van der Waals surface area contributed by atoms with E-state index in [-0.39, 0.29) is 6.61 Å². The van der Waals surface area contributed by atoms with E-state index in [0.717, 1.165) is 23.5 Å². The molecule has 1 N–H and O–H groups in total. The minimum absolute atomic E-state index is 0.237. The Kier molecular flexibility index (Phi) is 5.64. The van der Waals surface area contributed by atoms with Crippen molar-refractivity contribution in [3.63, 3.8) is 0 Å². The van der Waals surface area contributed by atoms with Crippen molar-refractivity contribution in [1.29, 1.82) is 0 Å². The maximum atomic E-state index is 10.2. The van der Waals surface area contributed by atoms with Crippen molar-refractivity contribution in [2.24, 2.45) is 0 Å². The van der Waals surface area contributed by atoms with Crippen LogP contribution in [0.1, 0.15) is 31.1 Å². The molecule has 0 fully saturated rings. The molecule has 0 spiro atoms. The van der Waals surface area contributed by atoms with E-state index in [1.165, 1.54) is 5.56 Å². The number of aryl methyl sites for hydroxylation is 1. The highest BCUT2D eigenvalue weighted by Crippen LogP contribution is 2.20. The Morgan fingerprint density at radius 3 is 2.38 bits per heavy atom. The molecule has 3 heteroatoms. The molecule has 0 aliphatic rings. The Morgan fingerprint density at radius 1 is 0.952 bits per heavy atom. The van der Waals surface area contributed by atoms with Gasteiger partial charge in [-0.3, -0.25) is 0 Å². The van der Waals surface area contributed by atoms with E-state index >= 15 is 0 Å². The van der Waals surface area contributed by atoms with Crippen LogP contribution < -0.4 is 9.47 Å². The van der Waals surface area contributed by atoms with Crippen molar-refractivity contribution in [3.8, 4) is 11.5 Å². The third-order valence-electron chi connectivity index (χ3n) is 3.29. The molecular formula is C18H22O3. The SMILES string of the molecule is CCOc1ccc(C(O)COc2cccc(CC)c2)cc1. The molecule has 2 aromatic carbocycles. The second-order valence-electron chi connectivity index (χ2n) is 4.83. The fourth-order valence-electron chi connectivity index (χ4n) is 2.08. The zero-order chi connectivity index (χ0) is 15.1. The summed E-state index contributed by atoms with van der Waals surface area (Å²) in [4.78, 5) is 0. The van der Waals surface area contributed by atoms with E-state index in [4.69, 9.17) is 9.47 Å². The van der Waals surface area contributed by atoms with Crippen molar-refractivity contribution < 1.29 is 14.6 Å². The number of hydrogen-bond donors (Lipinski definition) is 1. The van der Waals surface area contributed by atoms with Gasteiger partial charge in [0.05, 0.1) is 6.61 Å². The lowest BCUT2D eigenvalue weighted by Crippen LogP contribution is -2.09. The first kappa shape index (κ1) is 15.4. The number of benzene rings is 2. The Morgan fingerprint density at radius 2 is 1.71 bits per heavy atom. The zero-order valence-electron chi connectivity index (χ0n) is 12.6. The van der Waals surface area contributed by atoms with Gasteiger partial charge in [0.15, 0.2) is 0 Å². The topological polar surface area (TPSA) is 38.7 Å². The molecule has 2 aromatic rings. The average molecular weight is 286 g/mol. The second-order valence-corrected chi connectivity index (χ2v) is 4.83. The molecule has 0 saturated carbocycles. The molecule has 3 nitrogen and oxygen atoms in total. The summed E-state index contributed by atoms with van der Waals surface area (Å²) in [5, 5.41) is 10.2. The van der Waals surface area contributed by atoms with Crippen LogP contribution in [0.15, 0.2) is 48.5 Å². The van der Waals surface area contributed by atoms with Gasteiger partial charge in [-0.1, -0.05) is 31.2 Å². The molecule has 0 aliphatic carbocycles. The van der Waals surface area contributed by atoms with Gasteiger partial charge >= 0.3 is 0 Å². The molecule has 0 aromatic heterocycles. The predicted molar refractivity (Wildman–Crippen MR) is 83.9 cm³/mol. The van der Waals surface area contributed by atoms with Crippen LogP contribution >= 0.6 is 0 Å². The first-order chi connectivity index (χ1) is 10.2. The summed E-state index contributed by atoms with van der Waals surface area (Å²) < 4.78 is 11.0. The third-order valence-corrected chi connectivity index (χ3v) is 3.29. The molecular weight excluding hydrogens is 264 g/mol. The van der Waals surface area contributed by atoms with Crippen LogP contribution in [0.25, 0.3) is 0 Å². The summed E-state index contributed by atoms with van der Waals surface area (Å²) in [5.74, 6) is 1.60. The number of rotatable bonds is 7. The summed E-state index contributed by atoms with van der Waals surface area (Å²) >= 11 is 0. The summed E-state index contributed by atoms with van der Waals surface area (Å²) in [6, 6.07) is 15.4. The van der Waals surface area contributed by atoms with E-state index in [0.29, 0.717) is 6.61 Å². The van der Waals surface area contributed by atoms with Gasteiger partial charge in [0.2, 0.25) is 0 Å². The van der Waals surface area contributed by atoms with E-state index in [9.17, 15) is 5.11 Å². The first-order valence-electron chi connectivity index (χ1n) is 7.35. The Labute approximate surface area is 126 Å². The number of ether oxygens (including phenoxy) is 2. The average Bonchev–Trinajstić information content (AvgIpc) is 2.54. The summed E-state index contributed by atoms with van der Waals surface area (Å²) in [7, 11) is 0. The van der Waals surface area contributed by atoms with Crippen LogP contribution in [0.3, 0.4) is 0 Å². The summed E-state index contributed by atoms with van der Waals surface area (Å²) in [6.45, 7) is 4.93.